The number of hydrogen-bond donors (Lipinski definition) is 1. The third-order valence-electron chi connectivity index (χ3n) is 2.23. The lowest BCUT2D eigenvalue weighted by Gasteiger charge is -2.12. The van der Waals surface area contributed by atoms with Gasteiger partial charge in [-0.1, -0.05) is 29.8 Å². The number of nitrogens with zero attached hydrogens (tertiary/aromatic N) is 1. The van der Waals surface area contributed by atoms with Gasteiger partial charge in [0.15, 0.2) is 5.13 Å². The summed E-state index contributed by atoms with van der Waals surface area (Å²) in [5.74, 6) is 0. The molecule has 2 rings (SSSR count). The molecule has 0 radical (unpaired) electrons. The summed E-state index contributed by atoms with van der Waals surface area (Å²) >= 11 is 6.87. The van der Waals surface area contributed by atoms with E-state index in [9.17, 15) is 13.2 Å². The number of alkyl halides is 3. The maximum absolute atomic E-state index is 12.7. The summed E-state index contributed by atoms with van der Waals surface area (Å²) in [5.41, 5.74) is -0.462. The van der Waals surface area contributed by atoms with Crippen LogP contribution < -0.4 is 5.32 Å². The summed E-state index contributed by atoms with van der Waals surface area (Å²) in [4.78, 5) is 3.91. The molecule has 0 aliphatic rings. The van der Waals surface area contributed by atoms with E-state index < -0.39 is 11.7 Å². The minimum atomic E-state index is -4.35. The molecule has 0 unspecified atom stereocenters. The van der Waals surface area contributed by atoms with Gasteiger partial charge in [0.2, 0.25) is 0 Å². The SMILES string of the molecule is FC(F)(F)c1ccccc1CNc1nc(Cl)cs1. The van der Waals surface area contributed by atoms with Crippen LogP contribution >= 0.6 is 22.9 Å². The van der Waals surface area contributed by atoms with E-state index in [2.05, 4.69) is 10.3 Å². The minimum absolute atomic E-state index is 0.0551. The lowest BCUT2D eigenvalue weighted by molar-refractivity contribution is -0.138. The Hall–Kier alpha value is -1.27. The first kappa shape index (κ1) is 13.2. The summed E-state index contributed by atoms with van der Waals surface area (Å²) in [7, 11) is 0. The molecule has 0 atom stereocenters. The van der Waals surface area contributed by atoms with Gasteiger partial charge in [-0.2, -0.15) is 13.2 Å². The van der Waals surface area contributed by atoms with Crippen molar-refractivity contribution in [2.24, 2.45) is 0 Å². The van der Waals surface area contributed by atoms with Crippen LogP contribution in [0.15, 0.2) is 29.6 Å². The molecule has 0 aliphatic carbocycles. The summed E-state index contributed by atoms with van der Waals surface area (Å²) < 4.78 is 38.1. The van der Waals surface area contributed by atoms with Crippen molar-refractivity contribution in [3.8, 4) is 0 Å². The predicted molar refractivity (Wildman–Crippen MR) is 65.9 cm³/mol. The quantitative estimate of drug-likeness (QED) is 0.905. The molecule has 1 aromatic carbocycles. The molecule has 0 saturated carbocycles. The minimum Gasteiger partial charge on any atom is -0.357 e. The van der Waals surface area contributed by atoms with Gasteiger partial charge in [0, 0.05) is 11.9 Å². The lowest BCUT2D eigenvalue weighted by Crippen LogP contribution is -2.11. The van der Waals surface area contributed by atoms with Gasteiger partial charge in [0.25, 0.3) is 0 Å². The van der Waals surface area contributed by atoms with Gasteiger partial charge >= 0.3 is 6.18 Å². The topological polar surface area (TPSA) is 24.9 Å². The second kappa shape index (κ2) is 5.16. The zero-order valence-corrected chi connectivity index (χ0v) is 10.5. The highest BCUT2D eigenvalue weighted by atomic mass is 35.5. The standard InChI is InChI=1S/C11H8ClF3N2S/c12-9-6-18-10(17-9)16-5-7-3-1-2-4-8(7)11(13,14)15/h1-4,6H,5H2,(H,16,17). The number of rotatable bonds is 3. The van der Waals surface area contributed by atoms with Crippen LogP contribution in [0.25, 0.3) is 0 Å². The van der Waals surface area contributed by atoms with Crippen LogP contribution in [0.5, 0.6) is 0 Å². The fourth-order valence-electron chi connectivity index (χ4n) is 1.46. The molecular weight excluding hydrogens is 285 g/mol. The Labute approximate surface area is 110 Å². The Balaban J connectivity index is 2.14. The molecule has 0 spiro atoms. The Kier molecular flexibility index (Phi) is 3.77. The van der Waals surface area contributed by atoms with Crippen molar-refractivity contribution in [2.75, 3.05) is 5.32 Å². The van der Waals surface area contributed by atoms with E-state index in [4.69, 9.17) is 11.6 Å². The average Bonchev–Trinajstić information content (AvgIpc) is 2.72. The van der Waals surface area contributed by atoms with E-state index in [-0.39, 0.29) is 12.1 Å². The van der Waals surface area contributed by atoms with Crippen LogP contribution in [0.1, 0.15) is 11.1 Å². The van der Waals surface area contributed by atoms with Crippen molar-refractivity contribution >= 4 is 28.1 Å². The molecular formula is C11H8ClF3N2S. The molecule has 1 N–H and O–H groups in total. The highest BCUT2D eigenvalue weighted by molar-refractivity contribution is 7.14. The Morgan fingerprint density at radius 3 is 2.61 bits per heavy atom. The summed E-state index contributed by atoms with van der Waals surface area (Å²) in [5, 5.41) is 5.25. The number of hydrogen-bond acceptors (Lipinski definition) is 3. The number of aromatic nitrogens is 1. The second-order valence-corrected chi connectivity index (χ2v) is 4.73. The zero-order chi connectivity index (χ0) is 13.2. The fraction of sp³-hybridized carbons (Fsp3) is 0.182. The highest BCUT2D eigenvalue weighted by Gasteiger charge is 2.32. The average molecular weight is 293 g/mol. The van der Waals surface area contributed by atoms with E-state index in [1.807, 2.05) is 0 Å². The van der Waals surface area contributed by atoms with Crippen molar-refractivity contribution in [3.63, 3.8) is 0 Å². The Morgan fingerprint density at radius 1 is 1.28 bits per heavy atom. The Morgan fingerprint density at radius 2 is 2.00 bits per heavy atom. The van der Waals surface area contributed by atoms with Gasteiger partial charge in [-0.05, 0) is 11.6 Å². The molecule has 0 amide bonds. The normalized spacial score (nSPS) is 11.6. The Bertz CT molecular complexity index is 539. The van der Waals surface area contributed by atoms with E-state index in [0.29, 0.717) is 10.3 Å². The molecule has 0 fully saturated rings. The third-order valence-corrected chi connectivity index (χ3v) is 3.35. The van der Waals surface area contributed by atoms with Crippen molar-refractivity contribution < 1.29 is 13.2 Å². The van der Waals surface area contributed by atoms with E-state index in [0.717, 1.165) is 6.07 Å². The molecule has 1 heterocycles. The fourth-order valence-corrected chi connectivity index (χ4v) is 2.29. The first-order chi connectivity index (χ1) is 8.47. The van der Waals surface area contributed by atoms with E-state index in [1.165, 1.54) is 23.5 Å². The number of nitrogens with one attached hydrogen (secondary N) is 1. The van der Waals surface area contributed by atoms with Gasteiger partial charge in [-0.25, -0.2) is 4.98 Å². The predicted octanol–water partition coefficient (Wildman–Crippen LogP) is 4.43. The second-order valence-electron chi connectivity index (χ2n) is 3.48. The molecule has 0 saturated heterocycles. The zero-order valence-electron chi connectivity index (χ0n) is 8.96. The summed E-state index contributed by atoms with van der Waals surface area (Å²) in [6.45, 7) is 0.0551. The summed E-state index contributed by atoms with van der Waals surface area (Å²) in [6.07, 6.45) is -4.35. The van der Waals surface area contributed by atoms with Gasteiger partial charge in [-0.15, -0.1) is 11.3 Å². The number of halogens is 4. The molecule has 0 aliphatic heterocycles. The van der Waals surface area contributed by atoms with Crippen LogP contribution in [0.3, 0.4) is 0 Å². The van der Waals surface area contributed by atoms with Gasteiger partial charge in [0.05, 0.1) is 5.56 Å². The molecule has 1 aromatic heterocycles. The molecule has 2 aromatic rings. The molecule has 2 nitrogen and oxygen atoms in total. The lowest BCUT2D eigenvalue weighted by atomic mass is 10.1. The highest BCUT2D eigenvalue weighted by Crippen LogP contribution is 2.32. The van der Waals surface area contributed by atoms with Gasteiger partial charge < -0.3 is 5.32 Å². The van der Waals surface area contributed by atoms with E-state index in [1.54, 1.807) is 11.4 Å². The molecule has 0 bridgehead atoms. The first-order valence-electron chi connectivity index (χ1n) is 4.97. The van der Waals surface area contributed by atoms with Crippen LogP contribution in [-0.2, 0) is 12.7 Å². The molecule has 18 heavy (non-hydrogen) atoms. The van der Waals surface area contributed by atoms with Crippen molar-refractivity contribution in [2.45, 2.75) is 12.7 Å². The number of benzene rings is 1. The van der Waals surface area contributed by atoms with Crippen molar-refractivity contribution in [1.29, 1.82) is 0 Å². The van der Waals surface area contributed by atoms with Gasteiger partial charge in [0.1, 0.15) is 5.15 Å². The smallest absolute Gasteiger partial charge is 0.357 e. The van der Waals surface area contributed by atoms with Crippen molar-refractivity contribution in [1.82, 2.24) is 4.98 Å². The summed E-state index contributed by atoms with van der Waals surface area (Å²) in [6, 6.07) is 5.44. The van der Waals surface area contributed by atoms with Gasteiger partial charge in [-0.3, -0.25) is 0 Å². The first-order valence-corrected chi connectivity index (χ1v) is 6.22. The van der Waals surface area contributed by atoms with Crippen LogP contribution in [0, 0.1) is 0 Å². The maximum Gasteiger partial charge on any atom is 0.416 e. The largest absolute Gasteiger partial charge is 0.416 e. The maximum atomic E-state index is 12.7. The van der Waals surface area contributed by atoms with Crippen LogP contribution in [0.4, 0.5) is 18.3 Å². The van der Waals surface area contributed by atoms with Crippen LogP contribution in [-0.4, -0.2) is 4.98 Å². The van der Waals surface area contributed by atoms with Crippen LogP contribution in [0.2, 0.25) is 5.15 Å². The van der Waals surface area contributed by atoms with Crippen molar-refractivity contribution in [3.05, 3.63) is 45.9 Å². The molecule has 96 valence electrons. The number of thiazole rings is 1. The molecule has 7 heteroatoms. The van der Waals surface area contributed by atoms with E-state index >= 15 is 0 Å². The third kappa shape index (κ3) is 3.14. The monoisotopic (exact) mass is 292 g/mol. The number of anilines is 1.